The smallest absolute Gasteiger partial charge is 0.100 e. The summed E-state index contributed by atoms with van der Waals surface area (Å²) in [5, 5.41) is 0. The first kappa shape index (κ1) is 11.6. The van der Waals surface area contributed by atoms with Crippen molar-refractivity contribution in [2.45, 2.75) is 51.6 Å². The van der Waals surface area contributed by atoms with E-state index in [1.807, 2.05) is 0 Å². The molecule has 0 saturated heterocycles. The van der Waals surface area contributed by atoms with Crippen LogP contribution < -0.4 is 0 Å². The molecule has 0 aromatic heterocycles. The third-order valence-corrected chi connectivity index (χ3v) is 3.98. The molecule has 88 valence electrons. The van der Waals surface area contributed by atoms with Gasteiger partial charge in [0.2, 0.25) is 0 Å². The zero-order valence-corrected chi connectivity index (χ0v) is 10.2. The maximum atomic E-state index is 13.1. The van der Waals surface area contributed by atoms with Gasteiger partial charge in [0.25, 0.3) is 0 Å². The van der Waals surface area contributed by atoms with Gasteiger partial charge >= 0.3 is 0 Å². The van der Waals surface area contributed by atoms with Crippen molar-refractivity contribution < 1.29 is 4.39 Å². The summed E-state index contributed by atoms with van der Waals surface area (Å²) in [4.78, 5) is 0. The average molecular weight is 220 g/mol. The van der Waals surface area contributed by atoms with Crippen LogP contribution in [-0.4, -0.2) is 6.17 Å². The molecule has 0 aliphatic heterocycles. The van der Waals surface area contributed by atoms with Gasteiger partial charge in [-0.05, 0) is 50.0 Å². The Hall–Kier alpha value is -0.850. The summed E-state index contributed by atoms with van der Waals surface area (Å²) in [5.74, 6) is 1.25. The Morgan fingerprint density at radius 1 is 1.19 bits per heavy atom. The maximum absolute atomic E-state index is 13.1. The predicted octanol–water partition coefficient (Wildman–Crippen LogP) is 4.63. The fraction of sp³-hybridized carbons (Fsp3) is 0.600. The van der Waals surface area contributed by atoms with Gasteiger partial charge in [-0.3, -0.25) is 0 Å². The zero-order valence-electron chi connectivity index (χ0n) is 10.2. The van der Waals surface area contributed by atoms with Crippen LogP contribution in [0.25, 0.3) is 0 Å². The lowest BCUT2D eigenvalue weighted by Gasteiger charge is -2.29. The van der Waals surface area contributed by atoms with Gasteiger partial charge in [0.15, 0.2) is 0 Å². The molecule has 1 aromatic carbocycles. The molecule has 1 fully saturated rings. The molecule has 1 aliphatic carbocycles. The van der Waals surface area contributed by atoms with Crippen molar-refractivity contribution in [3.63, 3.8) is 0 Å². The van der Waals surface area contributed by atoms with Gasteiger partial charge in [0.1, 0.15) is 6.17 Å². The first-order valence-corrected chi connectivity index (χ1v) is 6.37. The lowest BCUT2D eigenvalue weighted by Crippen LogP contribution is -2.19. The quantitative estimate of drug-likeness (QED) is 0.682. The SMILES string of the molecule is Cc1cccc(C(C)C2CCC(F)CC2)c1. The summed E-state index contributed by atoms with van der Waals surface area (Å²) in [6.45, 7) is 4.42. The summed E-state index contributed by atoms with van der Waals surface area (Å²) < 4.78 is 13.1. The molecule has 0 N–H and O–H groups in total. The van der Waals surface area contributed by atoms with Crippen LogP contribution in [0.15, 0.2) is 24.3 Å². The third kappa shape index (κ3) is 2.63. The van der Waals surface area contributed by atoms with Crippen molar-refractivity contribution in [3.05, 3.63) is 35.4 Å². The standard InChI is InChI=1S/C15H21F/c1-11-4-3-5-14(10-11)12(2)13-6-8-15(16)9-7-13/h3-5,10,12-13,15H,6-9H2,1-2H3. The van der Waals surface area contributed by atoms with E-state index in [1.165, 1.54) is 11.1 Å². The van der Waals surface area contributed by atoms with Crippen molar-refractivity contribution in [2.24, 2.45) is 5.92 Å². The minimum atomic E-state index is -0.541. The van der Waals surface area contributed by atoms with E-state index in [9.17, 15) is 4.39 Å². The molecule has 1 aromatic rings. The Bertz CT molecular complexity index is 337. The van der Waals surface area contributed by atoms with Crippen molar-refractivity contribution in [3.8, 4) is 0 Å². The fourth-order valence-electron chi connectivity index (χ4n) is 2.80. The average Bonchev–Trinajstić information content (AvgIpc) is 2.29. The van der Waals surface area contributed by atoms with E-state index in [0.717, 1.165) is 25.7 Å². The first-order chi connectivity index (χ1) is 7.66. The predicted molar refractivity (Wildman–Crippen MR) is 66.4 cm³/mol. The molecule has 0 spiro atoms. The van der Waals surface area contributed by atoms with E-state index >= 15 is 0 Å². The van der Waals surface area contributed by atoms with Crippen LogP contribution in [0.1, 0.15) is 49.7 Å². The summed E-state index contributed by atoms with van der Waals surface area (Å²) in [6, 6.07) is 8.74. The van der Waals surface area contributed by atoms with Crippen LogP contribution in [0.5, 0.6) is 0 Å². The first-order valence-electron chi connectivity index (χ1n) is 6.37. The topological polar surface area (TPSA) is 0 Å². The van der Waals surface area contributed by atoms with E-state index in [4.69, 9.17) is 0 Å². The van der Waals surface area contributed by atoms with E-state index in [0.29, 0.717) is 11.8 Å². The molecule has 2 rings (SSSR count). The highest BCUT2D eigenvalue weighted by molar-refractivity contribution is 5.25. The Morgan fingerprint density at radius 2 is 1.88 bits per heavy atom. The molecule has 1 heteroatoms. The van der Waals surface area contributed by atoms with Gasteiger partial charge < -0.3 is 0 Å². The van der Waals surface area contributed by atoms with Gasteiger partial charge in [0.05, 0.1) is 0 Å². The highest BCUT2D eigenvalue weighted by Gasteiger charge is 2.25. The van der Waals surface area contributed by atoms with Crippen molar-refractivity contribution >= 4 is 0 Å². The highest BCUT2D eigenvalue weighted by atomic mass is 19.1. The van der Waals surface area contributed by atoms with Crippen LogP contribution >= 0.6 is 0 Å². The second-order valence-electron chi connectivity index (χ2n) is 5.21. The second-order valence-corrected chi connectivity index (χ2v) is 5.21. The zero-order chi connectivity index (χ0) is 11.5. The molecule has 0 amide bonds. The van der Waals surface area contributed by atoms with Crippen molar-refractivity contribution in [1.29, 1.82) is 0 Å². The molecule has 1 atom stereocenters. The summed E-state index contributed by atoms with van der Waals surface area (Å²) in [6.07, 6.45) is 3.09. The molecule has 16 heavy (non-hydrogen) atoms. The summed E-state index contributed by atoms with van der Waals surface area (Å²) in [7, 11) is 0. The lowest BCUT2D eigenvalue weighted by atomic mass is 9.77. The van der Waals surface area contributed by atoms with Gasteiger partial charge in [0, 0.05) is 0 Å². The minimum absolute atomic E-state index is 0.541. The number of halogens is 1. The Labute approximate surface area is 97.9 Å². The maximum Gasteiger partial charge on any atom is 0.100 e. The Kier molecular flexibility index (Phi) is 3.63. The minimum Gasteiger partial charge on any atom is -0.247 e. The number of alkyl halides is 1. The largest absolute Gasteiger partial charge is 0.247 e. The van der Waals surface area contributed by atoms with Crippen molar-refractivity contribution in [2.75, 3.05) is 0 Å². The molecule has 1 saturated carbocycles. The van der Waals surface area contributed by atoms with Gasteiger partial charge in [-0.1, -0.05) is 36.8 Å². The van der Waals surface area contributed by atoms with Crippen LogP contribution in [0.3, 0.4) is 0 Å². The molecule has 0 heterocycles. The van der Waals surface area contributed by atoms with Gasteiger partial charge in [-0.25, -0.2) is 4.39 Å². The number of hydrogen-bond acceptors (Lipinski definition) is 0. The number of aryl methyl sites for hydroxylation is 1. The van der Waals surface area contributed by atoms with Gasteiger partial charge in [-0.15, -0.1) is 0 Å². The van der Waals surface area contributed by atoms with Gasteiger partial charge in [-0.2, -0.15) is 0 Å². The van der Waals surface area contributed by atoms with E-state index in [1.54, 1.807) is 0 Å². The van der Waals surface area contributed by atoms with E-state index in [2.05, 4.69) is 38.1 Å². The third-order valence-electron chi connectivity index (χ3n) is 3.98. The fourth-order valence-corrected chi connectivity index (χ4v) is 2.80. The summed E-state index contributed by atoms with van der Waals surface area (Å²) >= 11 is 0. The molecule has 1 aliphatic rings. The van der Waals surface area contributed by atoms with Crippen LogP contribution in [0.4, 0.5) is 4.39 Å². The Balaban J connectivity index is 2.04. The molecule has 0 bridgehead atoms. The number of benzene rings is 1. The Morgan fingerprint density at radius 3 is 2.50 bits per heavy atom. The monoisotopic (exact) mass is 220 g/mol. The molecular formula is C15H21F. The van der Waals surface area contributed by atoms with Crippen LogP contribution in [0, 0.1) is 12.8 Å². The second kappa shape index (κ2) is 4.99. The number of rotatable bonds is 2. The number of hydrogen-bond donors (Lipinski definition) is 0. The normalized spacial score (nSPS) is 27.7. The van der Waals surface area contributed by atoms with Crippen LogP contribution in [0.2, 0.25) is 0 Å². The molecule has 1 unspecified atom stereocenters. The molecule has 0 radical (unpaired) electrons. The molecule has 0 nitrogen and oxygen atoms in total. The van der Waals surface area contributed by atoms with E-state index < -0.39 is 6.17 Å². The van der Waals surface area contributed by atoms with Crippen LogP contribution in [-0.2, 0) is 0 Å². The van der Waals surface area contributed by atoms with E-state index in [-0.39, 0.29) is 0 Å². The van der Waals surface area contributed by atoms with Crippen molar-refractivity contribution in [1.82, 2.24) is 0 Å². The highest BCUT2D eigenvalue weighted by Crippen LogP contribution is 2.36. The summed E-state index contributed by atoms with van der Waals surface area (Å²) in [5.41, 5.74) is 2.74. The molecular weight excluding hydrogens is 199 g/mol. The lowest BCUT2D eigenvalue weighted by molar-refractivity contribution is 0.193.